The van der Waals surface area contributed by atoms with Crippen LogP contribution in [0.4, 0.5) is 0 Å². The average Bonchev–Trinajstić information content (AvgIpc) is 3.01. The Balaban J connectivity index is 1.62. The number of nitrogens with zero attached hydrogens (tertiary/aromatic N) is 1. The van der Waals surface area contributed by atoms with Gasteiger partial charge >= 0.3 is 5.97 Å². The molecule has 0 bridgehead atoms. The van der Waals surface area contributed by atoms with Crippen LogP contribution in [0.15, 0.2) is 48.5 Å². The molecule has 26 heavy (non-hydrogen) atoms. The topological polar surface area (TPSA) is 66.8 Å². The van der Waals surface area contributed by atoms with Crippen molar-refractivity contribution < 1.29 is 19.4 Å². The standard InChI is InChI=1S/C21H23NO4/c1-15-6-2-3-8-17(15)14-26-19-9-5-4-7-16(19)10-11-22-13-18(21(24)25)12-20(22)23/h2-9,18H,10-14H2,1H3,(H,24,25). The van der Waals surface area contributed by atoms with Crippen LogP contribution in [0.1, 0.15) is 23.1 Å². The molecule has 2 aromatic rings. The number of carboxylic acid groups (broad SMARTS) is 1. The lowest BCUT2D eigenvalue weighted by molar-refractivity contribution is -0.141. The van der Waals surface area contributed by atoms with E-state index in [-0.39, 0.29) is 12.3 Å². The molecule has 0 aromatic heterocycles. The van der Waals surface area contributed by atoms with E-state index in [4.69, 9.17) is 9.84 Å². The molecule has 0 saturated carbocycles. The minimum Gasteiger partial charge on any atom is -0.489 e. The van der Waals surface area contributed by atoms with Crippen molar-refractivity contribution in [2.75, 3.05) is 13.1 Å². The van der Waals surface area contributed by atoms with Crippen LogP contribution in [0.25, 0.3) is 0 Å². The number of hydrogen-bond donors (Lipinski definition) is 1. The van der Waals surface area contributed by atoms with Gasteiger partial charge in [0.25, 0.3) is 0 Å². The Morgan fingerprint density at radius 2 is 1.85 bits per heavy atom. The number of rotatable bonds is 7. The molecule has 1 unspecified atom stereocenters. The molecule has 1 fully saturated rings. The number of carboxylic acids is 1. The van der Waals surface area contributed by atoms with Crippen molar-refractivity contribution in [2.24, 2.45) is 5.92 Å². The van der Waals surface area contributed by atoms with Gasteiger partial charge in [0.15, 0.2) is 0 Å². The Labute approximate surface area is 153 Å². The van der Waals surface area contributed by atoms with E-state index in [2.05, 4.69) is 13.0 Å². The molecular weight excluding hydrogens is 330 g/mol. The van der Waals surface area contributed by atoms with Crippen molar-refractivity contribution in [3.05, 3.63) is 65.2 Å². The smallest absolute Gasteiger partial charge is 0.308 e. The average molecular weight is 353 g/mol. The van der Waals surface area contributed by atoms with Gasteiger partial charge in [-0.15, -0.1) is 0 Å². The summed E-state index contributed by atoms with van der Waals surface area (Å²) < 4.78 is 6.01. The number of carbonyl (C=O) groups excluding carboxylic acids is 1. The molecule has 0 aliphatic carbocycles. The van der Waals surface area contributed by atoms with Gasteiger partial charge in [-0.3, -0.25) is 9.59 Å². The van der Waals surface area contributed by atoms with Gasteiger partial charge in [-0.2, -0.15) is 0 Å². The third-order valence-electron chi connectivity index (χ3n) is 4.83. The summed E-state index contributed by atoms with van der Waals surface area (Å²) in [6, 6.07) is 15.9. The normalized spacial score (nSPS) is 16.7. The van der Waals surface area contributed by atoms with Crippen molar-refractivity contribution in [1.82, 2.24) is 4.90 Å². The van der Waals surface area contributed by atoms with Crippen molar-refractivity contribution in [3.8, 4) is 5.75 Å². The zero-order valence-electron chi connectivity index (χ0n) is 14.9. The van der Waals surface area contributed by atoms with Crippen LogP contribution >= 0.6 is 0 Å². The number of para-hydroxylation sites is 1. The Bertz CT molecular complexity index is 802. The van der Waals surface area contributed by atoms with Crippen LogP contribution in [0.2, 0.25) is 0 Å². The molecule has 3 rings (SSSR count). The molecule has 1 amide bonds. The summed E-state index contributed by atoms with van der Waals surface area (Å²) in [4.78, 5) is 24.7. The van der Waals surface area contributed by atoms with E-state index in [1.54, 1.807) is 4.90 Å². The maximum Gasteiger partial charge on any atom is 0.308 e. The number of carbonyl (C=O) groups is 2. The summed E-state index contributed by atoms with van der Waals surface area (Å²) in [6.45, 7) is 3.35. The second-order valence-electron chi connectivity index (χ2n) is 6.65. The summed E-state index contributed by atoms with van der Waals surface area (Å²) in [6.07, 6.45) is 0.739. The number of likely N-dealkylation sites (tertiary alicyclic amines) is 1. The highest BCUT2D eigenvalue weighted by Crippen LogP contribution is 2.23. The quantitative estimate of drug-likeness (QED) is 0.831. The first-order valence-electron chi connectivity index (χ1n) is 8.80. The number of ether oxygens (including phenoxy) is 1. The van der Waals surface area contributed by atoms with E-state index in [0.29, 0.717) is 26.1 Å². The fraction of sp³-hybridized carbons (Fsp3) is 0.333. The largest absolute Gasteiger partial charge is 0.489 e. The highest BCUT2D eigenvalue weighted by molar-refractivity contribution is 5.86. The third-order valence-corrected chi connectivity index (χ3v) is 4.83. The van der Waals surface area contributed by atoms with E-state index < -0.39 is 11.9 Å². The van der Waals surface area contributed by atoms with Gasteiger partial charge in [-0.05, 0) is 36.1 Å². The zero-order chi connectivity index (χ0) is 18.5. The molecule has 5 nitrogen and oxygen atoms in total. The number of hydrogen-bond acceptors (Lipinski definition) is 3. The highest BCUT2D eigenvalue weighted by Gasteiger charge is 2.33. The summed E-state index contributed by atoms with van der Waals surface area (Å²) in [7, 11) is 0. The zero-order valence-corrected chi connectivity index (χ0v) is 14.9. The number of aliphatic carboxylic acids is 1. The van der Waals surface area contributed by atoms with E-state index in [9.17, 15) is 9.59 Å². The highest BCUT2D eigenvalue weighted by atomic mass is 16.5. The van der Waals surface area contributed by atoms with Gasteiger partial charge < -0.3 is 14.7 Å². The summed E-state index contributed by atoms with van der Waals surface area (Å²) in [5, 5.41) is 9.08. The molecule has 1 saturated heterocycles. The summed E-state index contributed by atoms with van der Waals surface area (Å²) >= 11 is 0. The molecule has 1 heterocycles. The molecule has 1 aliphatic rings. The van der Waals surface area contributed by atoms with E-state index in [1.165, 1.54) is 5.56 Å². The van der Waals surface area contributed by atoms with Crippen LogP contribution in [0.3, 0.4) is 0 Å². The lowest BCUT2D eigenvalue weighted by atomic mass is 10.1. The van der Waals surface area contributed by atoms with E-state index in [1.807, 2.05) is 42.5 Å². The molecule has 1 atom stereocenters. The minimum atomic E-state index is -0.900. The van der Waals surface area contributed by atoms with Crippen LogP contribution < -0.4 is 4.74 Å². The van der Waals surface area contributed by atoms with Crippen LogP contribution in [0, 0.1) is 12.8 Å². The van der Waals surface area contributed by atoms with Gasteiger partial charge in [-0.1, -0.05) is 42.5 Å². The maximum atomic E-state index is 12.0. The Morgan fingerprint density at radius 3 is 2.54 bits per heavy atom. The van der Waals surface area contributed by atoms with Crippen molar-refractivity contribution >= 4 is 11.9 Å². The fourth-order valence-corrected chi connectivity index (χ4v) is 3.19. The Kier molecular flexibility index (Phi) is 5.56. The molecule has 0 spiro atoms. The van der Waals surface area contributed by atoms with Gasteiger partial charge in [-0.25, -0.2) is 0 Å². The first kappa shape index (κ1) is 18.0. The number of aryl methyl sites for hydroxylation is 1. The predicted octanol–water partition coefficient (Wildman–Crippen LogP) is 3.05. The van der Waals surface area contributed by atoms with Gasteiger partial charge in [0.05, 0.1) is 5.92 Å². The van der Waals surface area contributed by atoms with Crippen LogP contribution in [0.5, 0.6) is 5.75 Å². The van der Waals surface area contributed by atoms with Crippen molar-refractivity contribution in [2.45, 2.75) is 26.4 Å². The molecule has 0 radical (unpaired) electrons. The third kappa shape index (κ3) is 4.23. The minimum absolute atomic E-state index is 0.0873. The molecule has 1 aliphatic heterocycles. The second kappa shape index (κ2) is 8.04. The van der Waals surface area contributed by atoms with Gasteiger partial charge in [0.2, 0.25) is 5.91 Å². The first-order valence-corrected chi connectivity index (χ1v) is 8.80. The summed E-state index contributed by atoms with van der Waals surface area (Å²) in [5.41, 5.74) is 3.35. The molecule has 2 aromatic carbocycles. The lowest BCUT2D eigenvalue weighted by Gasteiger charge is -2.18. The molecule has 136 valence electrons. The van der Waals surface area contributed by atoms with Crippen molar-refractivity contribution in [3.63, 3.8) is 0 Å². The van der Waals surface area contributed by atoms with Crippen LogP contribution in [-0.2, 0) is 22.6 Å². The Morgan fingerprint density at radius 1 is 1.15 bits per heavy atom. The van der Waals surface area contributed by atoms with E-state index in [0.717, 1.165) is 16.9 Å². The van der Waals surface area contributed by atoms with Crippen LogP contribution in [-0.4, -0.2) is 35.0 Å². The number of amides is 1. The molecule has 1 N–H and O–H groups in total. The summed E-state index contributed by atoms with van der Waals surface area (Å²) in [5.74, 6) is -0.772. The monoisotopic (exact) mass is 353 g/mol. The van der Waals surface area contributed by atoms with Crippen molar-refractivity contribution in [1.29, 1.82) is 0 Å². The molecule has 5 heteroatoms. The Hall–Kier alpha value is -2.82. The lowest BCUT2D eigenvalue weighted by Crippen LogP contribution is -2.28. The second-order valence-corrected chi connectivity index (χ2v) is 6.65. The van der Waals surface area contributed by atoms with Gasteiger partial charge in [0.1, 0.15) is 12.4 Å². The van der Waals surface area contributed by atoms with E-state index >= 15 is 0 Å². The van der Waals surface area contributed by atoms with Gasteiger partial charge in [0, 0.05) is 19.5 Å². The fourth-order valence-electron chi connectivity index (χ4n) is 3.19. The maximum absolute atomic E-state index is 12.0. The SMILES string of the molecule is Cc1ccccc1COc1ccccc1CCN1CC(C(=O)O)CC1=O. The number of benzene rings is 2. The molecular formula is C21H23NO4. The first-order chi connectivity index (χ1) is 12.5. The predicted molar refractivity (Wildman–Crippen MR) is 98.0 cm³/mol.